The molecule has 2 N–H and O–H groups in total. The van der Waals surface area contributed by atoms with Crippen LogP contribution in [0, 0.1) is 20.8 Å². The van der Waals surface area contributed by atoms with E-state index in [4.69, 9.17) is 4.74 Å². The Morgan fingerprint density at radius 2 is 1.70 bits per heavy atom. The first kappa shape index (κ1) is 24.2. The molecule has 0 heterocycles. The summed E-state index contributed by atoms with van der Waals surface area (Å²) in [5, 5.41) is 6.65. The number of nitrogens with zero attached hydrogens (tertiary/aromatic N) is 1. The van der Waals surface area contributed by atoms with E-state index in [0.717, 1.165) is 26.7 Å². The fourth-order valence-electron chi connectivity index (χ4n) is 2.95. The van der Waals surface area contributed by atoms with Gasteiger partial charge in [0.2, 0.25) is 11.8 Å². The Kier molecular flexibility index (Phi) is 8.38. The summed E-state index contributed by atoms with van der Waals surface area (Å²) in [7, 11) is 0. The molecule has 3 aromatic rings. The molecule has 0 atom stereocenters. The third-order valence-electron chi connectivity index (χ3n) is 4.99. The molecular formula is C26H26BrN3O3. The number of hydrazone groups is 1. The van der Waals surface area contributed by atoms with E-state index in [1.165, 1.54) is 11.8 Å². The van der Waals surface area contributed by atoms with Gasteiger partial charge in [-0.15, -0.1) is 0 Å². The second-order valence-corrected chi connectivity index (χ2v) is 8.64. The Morgan fingerprint density at radius 1 is 0.939 bits per heavy atom. The number of hydrogen-bond donors (Lipinski definition) is 2. The van der Waals surface area contributed by atoms with E-state index < -0.39 is 11.8 Å². The lowest BCUT2D eigenvalue weighted by Crippen LogP contribution is -2.24. The Labute approximate surface area is 202 Å². The minimum atomic E-state index is -0.496. The fraction of sp³-hybridized carbons (Fsp3) is 0.192. The average molecular weight is 508 g/mol. The van der Waals surface area contributed by atoms with Crippen molar-refractivity contribution >= 4 is 39.6 Å². The fourth-order valence-corrected chi connectivity index (χ4v) is 3.46. The van der Waals surface area contributed by atoms with Crippen molar-refractivity contribution in [3.05, 3.63) is 93.0 Å². The van der Waals surface area contributed by atoms with Gasteiger partial charge in [-0.3, -0.25) is 9.59 Å². The van der Waals surface area contributed by atoms with E-state index in [9.17, 15) is 9.59 Å². The maximum Gasteiger partial charge on any atom is 0.249 e. The van der Waals surface area contributed by atoms with Gasteiger partial charge in [0.25, 0.3) is 0 Å². The van der Waals surface area contributed by atoms with Gasteiger partial charge >= 0.3 is 0 Å². The highest BCUT2D eigenvalue weighted by atomic mass is 79.9. The van der Waals surface area contributed by atoms with Crippen molar-refractivity contribution in [2.24, 2.45) is 5.10 Å². The largest absolute Gasteiger partial charge is 0.488 e. The van der Waals surface area contributed by atoms with E-state index in [2.05, 4.69) is 43.9 Å². The van der Waals surface area contributed by atoms with E-state index in [1.807, 2.05) is 69.3 Å². The maximum atomic E-state index is 12.1. The van der Waals surface area contributed by atoms with Crippen molar-refractivity contribution in [3.63, 3.8) is 0 Å². The van der Waals surface area contributed by atoms with Crippen molar-refractivity contribution < 1.29 is 14.3 Å². The summed E-state index contributed by atoms with van der Waals surface area (Å²) in [6, 6.07) is 19.3. The van der Waals surface area contributed by atoms with Crippen molar-refractivity contribution in [3.8, 4) is 5.75 Å². The molecule has 0 spiro atoms. The molecule has 3 rings (SSSR count). The highest BCUT2D eigenvalue weighted by Crippen LogP contribution is 2.26. The molecule has 0 aliphatic heterocycles. The minimum absolute atomic E-state index is 0.320. The quantitative estimate of drug-likeness (QED) is 0.242. The summed E-state index contributed by atoms with van der Waals surface area (Å²) < 4.78 is 6.64. The number of amides is 2. The number of nitrogens with one attached hydrogen (secondary N) is 2. The molecule has 0 aliphatic rings. The van der Waals surface area contributed by atoms with Crippen molar-refractivity contribution in [1.29, 1.82) is 0 Å². The van der Waals surface area contributed by atoms with Crippen LogP contribution < -0.4 is 15.5 Å². The maximum absolute atomic E-state index is 12.1. The van der Waals surface area contributed by atoms with Gasteiger partial charge in [0.05, 0.1) is 10.7 Å². The van der Waals surface area contributed by atoms with Gasteiger partial charge in [0.15, 0.2) is 0 Å². The predicted octanol–water partition coefficient (Wildman–Crippen LogP) is 5.43. The second kappa shape index (κ2) is 11.4. The van der Waals surface area contributed by atoms with Crippen LogP contribution in [-0.4, -0.2) is 18.0 Å². The Bertz CT molecular complexity index is 1170. The number of rotatable bonds is 8. The number of benzene rings is 3. The molecule has 3 aromatic carbocycles. The van der Waals surface area contributed by atoms with Crippen LogP contribution in [0.4, 0.5) is 5.69 Å². The summed E-state index contributed by atoms with van der Waals surface area (Å²) in [5.74, 6) is -0.187. The molecule has 0 saturated carbocycles. The minimum Gasteiger partial charge on any atom is -0.488 e. The molecule has 0 aliphatic carbocycles. The highest BCUT2D eigenvalue weighted by Gasteiger charge is 2.09. The van der Waals surface area contributed by atoms with Gasteiger partial charge in [0, 0.05) is 5.69 Å². The lowest BCUT2D eigenvalue weighted by Gasteiger charge is -2.09. The number of hydrogen-bond acceptors (Lipinski definition) is 4. The van der Waals surface area contributed by atoms with E-state index >= 15 is 0 Å². The SMILES string of the molecule is Cc1ccc(COc2ccc(C=NNC(=O)CC(=O)Nc3ccc(C)c(C)c3)cc2Br)cc1. The summed E-state index contributed by atoms with van der Waals surface area (Å²) in [5.41, 5.74) is 8.30. The number of carbonyl (C=O) groups excluding carboxylic acids is 2. The van der Waals surface area contributed by atoms with Gasteiger partial charge in [0.1, 0.15) is 18.8 Å². The van der Waals surface area contributed by atoms with Crippen LogP contribution in [-0.2, 0) is 16.2 Å². The topological polar surface area (TPSA) is 79.8 Å². The highest BCUT2D eigenvalue weighted by molar-refractivity contribution is 9.10. The number of ether oxygens (including phenoxy) is 1. The predicted molar refractivity (Wildman–Crippen MR) is 135 cm³/mol. The lowest BCUT2D eigenvalue weighted by molar-refractivity contribution is -0.126. The standard InChI is InChI=1S/C26H26BrN3O3/c1-17-4-7-20(8-5-17)16-33-24-11-9-21(13-23(24)27)15-28-30-26(32)14-25(31)29-22-10-6-18(2)19(3)12-22/h4-13,15H,14,16H2,1-3H3,(H,29,31)(H,30,32). The summed E-state index contributed by atoms with van der Waals surface area (Å²) >= 11 is 3.50. The molecule has 0 unspecified atom stereocenters. The van der Waals surface area contributed by atoms with Crippen molar-refractivity contribution in [2.45, 2.75) is 33.8 Å². The Morgan fingerprint density at radius 3 is 2.39 bits per heavy atom. The summed E-state index contributed by atoms with van der Waals surface area (Å²) in [4.78, 5) is 24.1. The monoisotopic (exact) mass is 507 g/mol. The first-order valence-corrected chi connectivity index (χ1v) is 11.3. The van der Waals surface area contributed by atoms with Crippen LogP contribution >= 0.6 is 15.9 Å². The van der Waals surface area contributed by atoms with Crippen LogP contribution in [0.5, 0.6) is 5.75 Å². The molecule has 0 bridgehead atoms. The van der Waals surface area contributed by atoms with Crippen molar-refractivity contribution in [2.75, 3.05) is 5.32 Å². The van der Waals surface area contributed by atoms with Gasteiger partial charge in [-0.2, -0.15) is 5.10 Å². The lowest BCUT2D eigenvalue weighted by atomic mass is 10.1. The van der Waals surface area contributed by atoms with Gasteiger partial charge < -0.3 is 10.1 Å². The zero-order chi connectivity index (χ0) is 23.8. The molecule has 0 radical (unpaired) electrons. The van der Waals surface area contributed by atoms with Crippen LogP contribution in [0.25, 0.3) is 0 Å². The van der Waals surface area contributed by atoms with Gasteiger partial charge in [-0.25, -0.2) is 5.43 Å². The number of aryl methyl sites for hydroxylation is 3. The number of anilines is 1. The van der Waals surface area contributed by atoms with E-state index in [0.29, 0.717) is 18.0 Å². The molecule has 7 heteroatoms. The summed E-state index contributed by atoms with van der Waals surface area (Å²) in [6.07, 6.45) is 1.19. The molecule has 170 valence electrons. The Balaban J connectivity index is 1.47. The number of carbonyl (C=O) groups is 2. The van der Waals surface area contributed by atoms with Crippen LogP contribution in [0.2, 0.25) is 0 Å². The normalized spacial score (nSPS) is 10.8. The molecule has 33 heavy (non-hydrogen) atoms. The second-order valence-electron chi connectivity index (χ2n) is 7.78. The number of halogens is 1. The van der Waals surface area contributed by atoms with Crippen LogP contribution in [0.1, 0.15) is 34.2 Å². The van der Waals surface area contributed by atoms with Crippen molar-refractivity contribution in [1.82, 2.24) is 5.43 Å². The molecule has 6 nitrogen and oxygen atoms in total. The first-order valence-electron chi connectivity index (χ1n) is 10.5. The molecule has 2 amide bonds. The smallest absolute Gasteiger partial charge is 0.249 e. The van der Waals surface area contributed by atoms with Gasteiger partial charge in [-0.05, 0) is 89.3 Å². The van der Waals surface area contributed by atoms with E-state index in [-0.39, 0.29) is 6.42 Å². The molecule has 0 aromatic heterocycles. The van der Waals surface area contributed by atoms with Crippen LogP contribution in [0.15, 0.2) is 70.2 Å². The van der Waals surface area contributed by atoms with E-state index in [1.54, 1.807) is 0 Å². The third kappa shape index (κ3) is 7.57. The Hall–Kier alpha value is -3.45. The zero-order valence-electron chi connectivity index (χ0n) is 18.8. The van der Waals surface area contributed by atoms with Gasteiger partial charge in [-0.1, -0.05) is 35.9 Å². The first-order chi connectivity index (χ1) is 15.8. The average Bonchev–Trinajstić information content (AvgIpc) is 2.77. The third-order valence-corrected chi connectivity index (χ3v) is 5.61. The van der Waals surface area contributed by atoms with Crippen LogP contribution in [0.3, 0.4) is 0 Å². The molecule has 0 saturated heterocycles. The zero-order valence-corrected chi connectivity index (χ0v) is 20.4. The molecule has 0 fully saturated rings. The summed E-state index contributed by atoms with van der Waals surface area (Å²) in [6.45, 7) is 6.47. The molecular weight excluding hydrogens is 482 g/mol.